The molecule has 170 valence electrons. The number of hydrogen-bond donors (Lipinski definition) is 2. The second-order valence-electron chi connectivity index (χ2n) is 7.91. The minimum absolute atomic E-state index is 0.0432. The van der Waals surface area contributed by atoms with Crippen LogP contribution in [-0.4, -0.2) is 46.5 Å². The minimum atomic E-state index is -3.96. The normalized spacial score (nSPS) is 16.4. The van der Waals surface area contributed by atoms with Crippen LogP contribution in [0.4, 0.5) is 10.2 Å². The van der Waals surface area contributed by atoms with E-state index in [1.807, 2.05) is 6.92 Å². The fourth-order valence-corrected chi connectivity index (χ4v) is 5.29. The van der Waals surface area contributed by atoms with Crippen LogP contribution >= 0.6 is 11.6 Å². The van der Waals surface area contributed by atoms with Gasteiger partial charge in [0.1, 0.15) is 0 Å². The number of rotatable bonds is 5. The number of nitrogens with zero attached hydrogens (tertiary/aromatic N) is 4. The Morgan fingerprint density at radius 3 is 2.73 bits per heavy atom. The van der Waals surface area contributed by atoms with Gasteiger partial charge in [-0.15, -0.1) is 0 Å². The van der Waals surface area contributed by atoms with Crippen molar-refractivity contribution in [2.45, 2.75) is 24.3 Å². The van der Waals surface area contributed by atoms with Gasteiger partial charge in [0.15, 0.2) is 23.1 Å². The monoisotopic (exact) mass is 486 g/mol. The molecule has 3 aromatic heterocycles. The van der Waals surface area contributed by atoms with Crippen LogP contribution in [0.15, 0.2) is 53.8 Å². The zero-order valence-electron chi connectivity index (χ0n) is 17.6. The van der Waals surface area contributed by atoms with Crippen molar-refractivity contribution in [1.82, 2.24) is 24.2 Å². The van der Waals surface area contributed by atoms with Crippen molar-refractivity contribution in [3.63, 3.8) is 0 Å². The summed E-state index contributed by atoms with van der Waals surface area (Å²) in [7, 11) is -3.96. The Kier molecular flexibility index (Phi) is 5.51. The molecule has 0 unspecified atom stereocenters. The molecule has 33 heavy (non-hydrogen) atoms. The fraction of sp³-hybridized carbons (Fsp3) is 0.227. The lowest BCUT2D eigenvalue weighted by molar-refractivity contribution is 0.588. The predicted molar refractivity (Wildman–Crippen MR) is 124 cm³/mol. The highest BCUT2D eigenvalue weighted by Gasteiger charge is 2.25. The van der Waals surface area contributed by atoms with Gasteiger partial charge in [0.2, 0.25) is 0 Å². The lowest BCUT2D eigenvalue weighted by Gasteiger charge is -2.13. The van der Waals surface area contributed by atoms with Gasteiger partial charge in [0.25, 0.3) is 10.0 Å². The molecular weight excluding hydrogens is 467 g/mol. The number of halogens is 2. The lowest BCUT2D eigenvalue weighted by atomic mass is 10.2. The van der Waals surface area contributed by atoms with Crippen molar-refractivity contribution in [2.24, 2.45) is 0 Å². The SMILES string of the molecule is Cc1ccc(S(=O)(=O)n2cc(-c3ncc(F)c(N[C@@H]4CCNC4)n3)c3cc(Cl)cnc32)cc1. The van der Waals surface area contributed by atoms with E-state index < -0.39 is 15.8 Å². The summed E-state index contributed by atoms with van der Waals surface area (Å²) in [5.74, 6) is -0.361. The van der Waals surface area contributed by atoms with Gasteiger partial charge in [-0.25, -0.2) is 31.7 Å². The smallest absolute Gasteiger partial charge is 0.269 e. The van der Waals surface area contributed by atoms with E-state index >= 15 is 0 Å². The molecule has 4 aromatic rings. The Hall–Kier alpha value is -3.08. The molecule has 1 atom stereocenters. The minimum Gasteiger partial charge on any atom is -0.363 e. The van der Waals surface area contributed by atoms with Crippen molar-refractivity contribution < 1.29 is 12.8 Å². The molecule has 0 aliphatic carbocycles. The summed E-state index contributed by atoms with van der Waals surface area (Å²) in [4.78, 5) is 12.9. The zero-order valence-corrected chi connectivity index (χ0v) is 19.2. The maximum absolute atomic E-state index is 14.4. The number of nitrogens with one attached hydrogen (secondary N) is 2. The number of anilines is 1. The second-order valence-corrected chi connectivity index (χ2v) is 10.2. The molecule has 8 nitrogen and oxygen atoms in total. The van der Waals surface area contributed by atoms with E-state index in [1.165, 1.54) is 24.5 Å². The summed E-state index contributed by atoms with van der Waals surface area (Å²) < 4.78 is 42.3. The number of aryl methyl sites for hydroxylation is 1. The van der Waals surface area contributed by atoms with E-state index in [-0.39, 0.29) is 28.2 Å². The zero-order chi connectivity index (χ0) is 23.2. The quantitative estimate of drug-likeness (QED) is 0.444. The first-order chi connectivity index (χ1) is 15.8. The molecule has 0 radical (unpaired) electrons. The molecule has 0 spiro atoms. The third kappa shape index (κ3) is 4.05. The van der Waals surface area contributed by atoms with Crippen LogP contribution in [-0.2, 0) is 10.0 Å². The first kappa shape index (κ1) is 21.7. The summed E-state index contributed by atoms with van der Waals surface area (Å²) in [6.45, 7) is 3.42. The van der Waals surface area contributed by atoms with Gasteiger partial charge >= 0.3 is 0 Å². The number of aromatic nitrogens is 4. The molecule has 0 saturated carbocycles. The van der Waals surface area contributed by atoms with E-state index in [4.69, 9.17) is 11.6 Å². The Morgan fingerprint density at radius 2 is 2.00 bits per heavy atom. The predicted octanol–water partition coefficient (Wildman–Crippen LogP) is 3.61. The summed E-state index contributed by atoms with van der Waals surface area (Å²) >= 11 is 6.16. The van der Waals surface area contributed by atoms with Gasteiger partial charge in [0, 0.05) is 35.9 Å². The number of fused-ring (bicyclic) bond motifs is 1. The second kappa shape index (κ2) is 8.36. The van der Waals surface area contributed by atoms with Crippen molar-refractivity contribution in [2.75, 3.05) is 18.4 Å². The molecule has 4 heterocycles. The Bertz CT molecular complexity index is 1450. The molecule has 1 aromatic carbocycles. The average molecular weight is 487 g/mol. The Labute approximate surface area is 194 Å². The largest absolute Gasteiger partial charge is 0.363 e. The maximum atomic E-state index is 14.4. The van der Waals surface area contributed by atoms with Gasteiger partial charge in [0.05, 0.1) is 16.1 Å². The highest BCUT2D eigenvalue weighted by molar-refractivity contribution is 7.90. The summed E-state index contributed by atoms with van der Waals surface area (Å²) in [6.07, 6.45) is 4.69. The van der Waals surface area contributed by atoms with Crippen molar-refractivity contribution in [1.29, 1.82) is 0 Å². The van der Waals surface area contributed by atoms with Crippen LogP contribution in [0, 0.1) is 12.7 Å². The van der Waals surface area contributed by atoms with Crippen LogP contribution in [0.5, 0.6) is 0 Å². The third-order valence-electron chi connectivity index (χ3n) is 5.54. The standard InChI is InChI=1S/C22H20ClFN6O2S/c1-13-2-4-16(5-3-13)33(31,32)30-12-18(17-8-14(23)9-27-22(17)30)20-26-11-19(24)21(29-20)28-15-6-7-25-10-15/h2-5,8-9,11-12,15,25H,6-7,10H2,1H3,(H,26,28,29)/t15-/m1/s1. The van der Waals surface area contributed by atoms with Crippen LogP contribution in [0.1, 0.15) is 12.0 Å². The molecular formula is C22H20ClFN6O2S. The molecule has 1 aliphatic heterocycles. The molecule has 1 aliphatic rings. The van der Waals surface area contributed by atoms with E-state index in [1.54, 1.807) is 18.2 Å². The molecule has 5 rings (SSSR count). The fourth-order valence-electron chi connectivity index (χ4n) is 3.81. The molecule has 1 fully saturated rings. The molecule has 0 bridgehead atoms. The number of benzene rings is 1. The first-order valence-corrected chi connectivity index (χ1v) is 12.1. The van der Waals surface area contributed by atoms with Gasteiger partial charge in [-0.1, -0.05) is 29.3 Å². The highest BCUT2D eigenvalue weighted by Crippen LogP contribution is 2.32. The Morgan fingerprint density at radius 1 is 1.21 bits per heavy atom. The van der Waals surface area contributed by atoms with Crippen molar-refractivity contribution in [3.05, 3.63) is 65.3 Å². The number of pyridine rings is 1. The van der Waals surface area contributed by atoms with Crippen molar-refractivity contribution in [3.8, 4) is 11.4 Å². The van der Waals surface area contributed by atoms with Crippen LogP contribution in [0.25, 0.3) is 22.4 Å². The highest BCUT2D eigenvalue weighted by atomic mass is 35.5. The summed E-state index contributed by atoms with van der Waals surface area (Å²) in [6, 6.07) is 8.17. The van der Waals surface area contributed by atoms with E-state index in [0.717, 1.165) is 28.7 Å². The molecule has 2 N–H and O–H groups in total. The lowest BCUT2D eigenvalue weighted by Crippen LogP contribution is -2.23. The van der Waals surface area contributed by atoms with E-state index in [2.05, 4.69) is 25.6 Å². The first-order valence-electron chi connectivity index (χ1n) is 10.3. The maximum Gasteiger partial charge on any atom is 0.269 e. The van der Waals surface area contributed by atoms with Crippen LogP contribution < -0.4 is 10.6 Å². The topological polar surface area (TPSA) is 102 Å². The van der Waals surface area contributed by atoms with Gasteiger partial charge < -0.3 is 10.6 Å². The van der Waals surface area contributed by atoms with Crippen molar-refractivity contribution >= 4 is 38.5 Å². The molecule has 0 amide bonds. The van der Waals surface area contributed by atoms with Crippen LogP contribution in [0.3, 0.4) is 0 Å². The summed E-state index contributed by atoms with van der Waals surface area (Å²) in [5.41, 5.74) is 1.50. The van der Waals surface area contributed by atoms with E-state index in [0.29, 0.717) is 22.5 Å². The van der Waals surface area contributed by atoms with Gasteiger partial charge in [-0.2, -0.15) is 0 Å². The van der Waals surface area contributed by atoms with Gasteiger partial charge in [-0.3, -0.25) is 0 Å². The Balaban J connectivity index is 1.65. The number of hydrogen-bond acceptors (Lipinski definition) is 7. The molecule has 11 heteroatoms. The molecule has 1 saturated heterocycles. The van der Waals surface area contributed by atoms with Crippen LogP contribution in [0.2, 0.25) is 5.02 Å². The average Bonchev–Trinajstić information content (AvgIpc) is 3.43. The third-order valence-corrected chi connectivity index (χ3v) is 7.41. The summed E-state index contributed by atoms with van der Waals surface area (Å²) in [5, 5.41) is 7.07. The van der Waals surface area contributed by atoms with Gasteiger partial charge in [-0.05, 0) is 38.1 Å². The van der Waals surface area contributed by atoms with E-state index in [9.17, 15) is 12.8 Å².